The van der Waals surface area contributed by atoms with Crippen molar-refractivity contribution in [3.8, 4) is 0 Å². The molecule has 0 spiro atoms. The van der Waals surface area contributed by atoms with Gasteiger partial charge in [0.1, 0.15) is 6.42 Å². The second-order valence-electron chi connectivity index (χ2n) is 5.92. The number of ether oxygens (including phenoxy) is 1. The molecule has 1 aliphatic heterocycles. The molecule has 1 aliphatic rings. The van der Waals surface area contributed by atoms with E-state index in [2.05, 4.69) is 5.32 Å². The molecule has 0 aromatic heterocycles. The second-order valence-corrected chi connectivity index (χ2v) is 5.92. The van der Waals surface area contributed by atoms with Crippen LogP contribution in [0.3, 0.4) is 0 Å². The molecule has 0 radical (unpaired) electrons. The third-order valence-electron chi connectivity index (χ3n) is 4.20. The molecule has 0 saturated carbocycles. The summed E-state index contributed by atoms with van der Waals surface area (Å²) in [7, 11) is 0. The third kappa shape index (κ3) is 3.74. The van der Waals surface area contributed by atoms with E-state index in [4.69, 9.17) is 4.74 Å². The molecular weight excluding hydrogens is 332 g/mol. The molecule has 1 N–H and O–H groups in total. The van der Waals surface area contributed by atoms with E-state index >= 15 is 0 Å². The van der Waals surface area contributed by atoms with Crippen molar-refractivity contribution in [1.29, 1.82) is 0 Å². The molecule has 6 nitrogen and oxygen atoms in total. The monoisotopic (exact) mass is 352 g/mol. The number of amides is 2. The van der Waals surface area contributed by atoms with Crippen molar-refractivity contribution in [3.05, 3.63) is 59.7 Å². The molecule has 2 aromatic carbocycles. The van der Waals surface area contributed by atoms with E-state index in [1.807, 2.05) is 24.3 Å². The summed E-state index contributed by atoms with van der Waals surface area (Å²) in [5.74, 6) is -1.24. The lowest BCUT2D eigenvalue weighted by molar-refractivity contribution is -0.125. The van der Waals surface area contributed by atoms with Crippen LogP contribution in [0, 0.1) is 0 Å². The number of esters is 1. The minimum atomic E-state index is -0.511. The van der Waals surface area contributed by atoms with Crippen molar-refractivity contribution in [2.75, 3.05) is 23.4 Å². The first-order valence-electron chi connectivity index (χ1n) is 8.54. The van der Waals surface area contributed by atoms with E-state index in [9.17, 15) is 14.4 Å². The number of para-hydroxylation sites is 2. The average molecular weight is 352 g/mol. The lowest BCUT2D eigenvalue weighted by atomic mass is 10.1. The second kappa shape index (κ2) is 7.82. The lowest BCUT2D eigenvalue weighted by Gasteiger charge is -2.17. The Labute approximate surface area is 151 Å². The highest BCUT2D eigenvalue weighted by molar-refractivity contribution is 6.11. The number of anilines is 2. The number of hydrogen-bond donors (Lipinski definition) is 1. The maximum Gasteiger partial charge on any atom is 0.340 e. The van der Waals surface area contributed by atoms with Crippen LogP contribution in [-0.4, -0.2) is 30.9 Å². The minimum Gasteiger partial charge on any atom is -0.462 e. The normalized spacial score (nSPS) is 12.4. The molecule has 0 bridgehead atoms. The first-order valence-corrected chi connectivity index (χ1v) is 8.54. The molecule has 0 saturated heterocycles. The van der Waals surface area contributed by atoms with E-state index in [0.29, 0.717) is 12.2 Å². The smallest absolute Gasteiger partial charge is 0.340 e. The van der Waals surface area contributed by atoms with Crippen LogP contribution in [0.5, 0.6) is 0 Å². The molecule has 0 fully saturated rings. The van der Waals surface area contributed by atoms with Gasteiger partial charge in [0.05, 0.1) is 17.9 Å². The molecule has 2 amide bonds. The topological polar surface area (TPSA) is 75.7 Å². The standard InChI is InChI=1S/C20H20N2O4/c1-2-26-20(25)15-8-4-5-9-16(15)21-18(23)13-19(24)22-12-11-14-7-3-6-10-17(14)22/h3-10H,2,11-13H2,1H3,(H,21,23). The highest BCUT2D eigenvalue weighted by Gasteiger charge is 2.26. The Kier molecular flexibility index (Phi) is 5.31. The first kappa shape index (κ1) is 17.7. The Morgan fingerprint density at radius 3 is 2.62 bits per heavy atom. The summed E-state index contributed by atoms with van der Waals surface area (Å²) in [5, 5.41) is 2.64. The molecule has 3 rings (SSSR count). The van der Waals surface area contributed by atoms with Gasteiger partial charge in [-0.3, -0.25) is 9.59 Å². The molecular formula is C20H20N2O4. The zero-order chi connectivity index (χ0) is 18.5. The molecule has 1 heterocycles. The summed E-state index contributed by atoms with van der Waals surface area (Å²) in [6, 6.07) is 14.3. The number of nitrogens with one attached hydrogen (secondary N) is 1. The minimum absolute atomic E-state index is 0.244. The van der Waals surface area contributed by atoms with Gasteiger partial charge in [-0.25, -0.2) is 4.79 Å². The number of rotatable bonds is 5. The van der Waals surface area contributed by atoms with Crippen LogP contribution < -0.4 is 10.2 Å². The summed E-state index contributed by atoms with van der Waals surface area (Å²) in [6.45, 7) is 2.53. The maximum absolute atomic E-state index is 12.5. The number of hydrogen-bond acceptors (Lipinski definition) is 4. The first-order chi connectivity index (χ1) is 12.6. The van der Waals surface area contributed by atoms with Crippen molar-refractivity contribution >= 4 is 29.2 Å². The Balaban J connectivity index is 1.67. The Bertz CT molecular complexity index is 847. The Hall–Kier alpha value is -3.15. The molecule has 0 unspecified atom stereocenters. The summed E-state index contributed by atoms with van der Waals surface area (Å²) in [6.07, 6.45) is 0.501. The lowest BCUT2D eigenvalue weighted by Crippen LogP contribution is -2.32. The zero-order valence-electron chi connectivity index (χ0n) is 14.5. The van der Waals surface area contributed by atoms with E-state index in [-0.39, 0.29) is 24.5 Å². The zero-order valence-corrected chi connectivity index (χ0v) is 14.5. The highest BCUT2D eigenvalue weighted by Crippen LogP contribution is 2.28. The summed E-state index contributed by atoms with van der Waals surface area (Å²) in [5.41, 5.74) is 2.57. The number of fused-ring (bicyclic) bond motifs is 1. The number of benzene rings is 2. The van der Waals surface area contributed by atoms with Gasteiger partial charge in [0.15, 0.2) is 0 Å². The largest absolute Gasteiger partial charge is 0.462 e. The van der Waals surface area contributed by atoms with E-state index < -0.39 is 11.9 Å². The fraction of sp³-hybridized carbons (Fsp3) is 0.250. The van der Waals surface area contributed by atoms with Crippen LogP contribution in [0.4, 0.5) is 11.4 Å². The van der Waals surface area contributed by atoms with Gasteiger partial charge in [-0.2, -0.15) is 0 Å². The van der Waals surface area contributed by atoms with E-state index in [1.165, 1.54) is 0 Å². The van der Waals surface area contributed by atoms with Crippen LogP contribution in [0.25, 0.3) is 0 Å². The average Bonchev–Trinajstić information content (AvgIpc) is 3.06. The van der Waals surface area contributed by atoms with Gasteiger partial charge in [-0.15, -0.1) is 0 Å². The third-order valence-corrected chi connectivity index (χ3v) is 4.20. The van der Waals surface area contributed by atoms with Crippen LogP contribution >= 0.6 is 0 Å². The van der Waals surface area contributed by atoms with Crippen molar-refractivity contribution in [2.24, 2.45) is 0 Å². The van der Waals surface area contributed by atoms with Crippen molar-refractivity contribution in [3.63, 3.8) is 0 Å². The number of nitrogens with zero attached hydrogens (tertiary/aromatic N) is 1. The summed E-state index contributed by atoms with van der Waals surface area (Å²) >= 11 is 0. The van der Waals surface area contributed by atoms with E-state index in [0.717, 1.165) is 17.7 Å². The quantitative estimate of drug-likeness (QED) is 0.663. The van der Waals surface area contributed by atoms with Gasteiger partial charge in [0.2, 0.25) is 11.8 Å². The van der Waals surface area contributed by atoms with Crippen LogP contribution in [-0.2, 0) is 20.7 Å². The van der Waals surface area contributed by atoms with Crippen LogP contribution in [0.15, 0.2) is 48.5 Å². The maximum atomic E-state index is 12.5. The number of carbonyl (C=O) groups excluding carboxylic acids is 3. The molecule has 2 aromatic rings. The molecule has 0 atom stereocenters. The fourth-order valence-electron chi connectivity index (χ4n) is 3.00. The fourth-order valence-corrected chi connectivity index (χ4v) is 3.00. The Morgan fingerprint density at radius 1 is 1.08 bits per heavy atom. The van der Waals surface area contributed by atoms with Gasteiger partial charge < -0.3 is 15.0 Å². The molecule has 134 valence electrons. The van der Waals surface area contributed by atoms with Gasteiger partial charge in [-0.05, 0) is 37.1 Å². The van der Waals surface area contributed by atoms with Gasteiger partial charge in [0.25, 0.3) is 0 Å². The van der Waals surface area contributed by atoms with Crippen molar-refractivity contribution in [2.45, 2.75) is 19.8 Å². The van der Waals surface area contributed by atoms with Crippen molar-refractivity contribution in [1.82, 2.24) is 0 Å². The van der Waals surface area contributed by atoms with E-state index in [1.54, 1.807) is 36.1 Å². The summed E-state index contributed by atoms with van der Waals surface area (Å²) in [4.78, 5) is 38.4. The summed E-state index contributed by atoms with van der Waals surface area (Å²) < 4.78 is 4.99. The van der Waals surface area contributed by atoms with Crippen LogP contribution in [0.2, 0.25) is 0 Å². The van der Waals surface area contributed by atoms with Crippen molar-refractivity contribution < 1.29 is 19.1 Å². The van der Waals surface area contributed by atoms with Gasteiger partial charge in [0, 0.05) is 12.2 Å². The molecule has 0 aliphatic carbocycles. The predicted octanol–water partition coefficient (Wildman–Crippen LogP) is 2.78. The van der Waals surface area contributed by atoms with Gasteiger partial charge >= 0.3 is 5.97 Å². The molecule has 6 heteroatoms. The Morgan fingerprint density at radius 2 is 1.81 bits per heavy atom. The highest BCUT2D eigenvalue weighted by atomic mass is 16.5. The number of carbonyl (C=O) groups is 3. The predicted molar refractivity (Wildman–Crippen MR) is 98.1 cm³/mol. The van der Waals surface area contributed by atoms with Crippen LogP contribution in [0.1, 0.15) is 29.3 Å². The molecule has 26 heavy (non-hydrogen) atoms. The SMILES string of the molecule is CCOC(=O)c1ccccc1NC(=O)CC(=O)N1CCc2ccccc21. The van der Waals surface area contributed by atoms with Gasteiger partial charge in [-0.1, -0.05) is 30.3 Å².